The van der Waals surface area contributed by atoms with Crippen LogP contribution in [0.25, 0.3) is 10.9 Å². The summed E-state index contributed by atoms with van der Waals surface area (Å²) in [4.78, 5) is 40.4. The topological polar surface area (TPSA) is 95.9 Å². The number of nitrogens with zero attached hydrogens (tertiary/aromatic N) is 3. The molecule has 0 aliphatic carbocycles. The first-order chi connectivity index (χ1) is 14.2. The second kappa shape index (κ2) is 7.64. The van der Waals surface area contributed by atoms with Crippen molar-refractivity contribution in [1.29, 1.82) is 0 Å². The number of fused-ring (bicyclic) bond motifs is 1. The van der Waals surface area contributed by atoms with Gasteiger partial charge in [-0.05, 0) is 39.0 Å². The van der Waals surface area contributed by atoms with Gasteiger partial charge in [0.05, 0.1) is 11.2 Å². The number of carbonyl (C=O) groups is 3. The molecule has 2 N–H and O–H groups in total. The second-order valence-electron chi connectivity index (χ2n) is 8.56. The minimum Gasteiger partial charge on any atom is -0.443 e. The van der Waals surface area contributed by atoms with Gasteiger partial charge in [-0.3, -0.25) is 19.6 Å². The van der Waals surface area contributed by atoms with Gasteiger partial charge in [0.25, 0.3) is 0 Å². The Hall–Kier alpha value is -3.07. The lowest BCUT2D eigenvalue weighted by molar-refractivity contribution is -0.120. The number of nitrogens with one attached hydrogen (secondary N) is 2. The van der Waals surface area contributed by atoms with E-state index in [1.54, 1.807) is 11.0 Å². The Morgan fingerprint density at radius 1 is 1.10 bits per heavy atom. The summed E-state index contributed by atoms with van der Waals surface area (Å²) in [6.45, 7) is 9.18. The number of imide groups is 1. The number of rotatable bonds is 2. The van der Waals surface area contributed by atoms with Gasteiger partial charge in [0.1, 0.15) is 5.60 Å². The number of benzene rings is 1. The van der Waals surface area contributed by atoms with Crippen LogP contribution < -0.4 is 20.4 Å². The lowest BCUT2D eigenvalue weighted by atomic mass is 10.1. The third-order valence-electron chi connectivity index (χ3n) is 5.18. The van der Waals surface area contributed by atoms with Gasteiger partial charge in [0.15, 0.2) is 0 Å². The monoisotopic (exact) mass is 413 g/mol. The number of hydrogen-bond donors (Lipinski definition) is 2. The van der Waals surface area contributed by atoms with Gasteiger partial charge in [0, 0.05) is 56.4 Å². The van der Waals surface area contributed by atoms with Gasteiger partial charge in [-0.25, -0.2) is 9.59 Å². The second-order valence-corrected chi connectivity index (χ2v) is 8.56. The van der Waals surface area contributed by atoms with Crippen molar-refractivity contribution in [2.45, 2.75) is 32.8 Å². The van der Waals surface area contributed by atoms with Crippen LogP contribution in [-0.4, -0.2) is 60.9 Å². The number of urea groups is 1. The van der Waals surface area contributed by atoms with Crippen molar-refractivity contribution in [3.63, 3.8) is 0 Å². The fourth-order valence-electron chi connectivity index (χ4n) is 3.80. The van der Waals surface area contributed by atoms with Gasteiger partial charge in [-0.15, -0.1) is 0 Å². The summed E-state index contributed by atoms with van der Waals surface area (Å²) in [5, 5.41) is 6.55. The Morgan fingerprint density at radius 2 is 1.83 bits per heavy atom. The third kappa shape index (κ3) is 3.97. The van der Waals surface area contributed by atoms with Gasteiger partial charge in [-0.1, -0.05) is 0 Å². The van der Waals surface area contributed by atoms with Crippen LogP contribution in [0.2, 0.25) is 0 Å². The molecule has 0 atom stereocenters. The van der Waals surface area contributed by atoms with E-state index in [0.29, 0.717) is 12.2 Å². The average Bonchev–Trinajstić information content (AvgIpc) is 3.06. The molecule has 2 saturated heterocycles. The zero-order valence-corrected chi connectivity index (χ0v) is 17.5. The molecular weight excluding hydrogens is 386 g/mol. The van der Waals surface area contributed by atoms with Crippen LogP contribution in [0.3, 0.4) is 0 Å². The zero-order valence-electron chi connectivity index (χ0n) is 17.5. The maximum atomic E-state index is 12.8. The summed E-state index contributed by atoms with van der Waals surface area (Å²) in [6.07, 6.45) is 1.63. The van der Waals surface area contributed by atoms with E-state index in [9.17, 15) is 14.4 Å². The molecule has 0 radical (unpaired) electrons. The molecule has 0 unspecified atom stereocenters. The summed E-state index contributed by atoms with van der Waals surface area (Å²) in [6, 6.07) is 5.09. The molecule has 1 aromatic heterocycles. The smallest absolute Gasteiger partial charge is 0.419 e. The molecule has 3 amide bonds. The number of amides is 3. The SMILES string of the molecule is CC(C)(C)OC(=O)n1cc(N2CCNCC2)c2cc(N3CCC(=O)NC3=O)ccc21. The van der Waals surface area contributed by atoms with Gasteiger partial charge < -0.3 is 15.0 Å². The molecule has 30 heavy (non-hydrogen) atoms. The highest BCUT2D eigenvalue weighted by atomic mass is 16.6. The Labute approximate surface area is 174 Å². The number of aromatic nitrogens is 1. The van der Waals surface area contributed by atoms with Crippen molar-refractivity contribution >= 4 is 40.3 Å². The number of piperazine rings is 1. The molecule has 9 heteroatoms. The largest absolute Gasteiger partial charge is 0.443 e. The van der Waals surface area contributed by atoms with Gasteiger partial charge in [0.2, 0.25) is 5.91 Å². The fraction of sp³-hybridized carbons (Fsp3) is 0.476. The van der Waals surface area contributed by atoms with Gasteiger partial charge in [-0.2, -0.15) is 0 Å². The van der Waals surface area contributed by atoms with E-state index in [0.717, 1.165) is 42.8 Å². The maximum Gasteiger partial charge on any atom is 0.419 e. The highest BCUT2D eigenvalue weighted by Gasteiger charge is 2.27. The number of anilines is 2. The zero-order chi connectivity index (χ0) is 21.5. The molecule has 4 rings (SSSR count). The molecule has 2 fully saturated rings. The van der Waals surface area contributed by atoms with Crippen LogP contribution in [0.4, 0.5) is 21.0 Å². The van der Waals surface area contributed by atoms with Gasteiger partial charge >= 0.3 is 12.1 Å². The lowest BCUT2D eigenvalue weighted by Gasteiger charge is -2.29. The Morgan fingerprint density at radius 3 is 2.50 bits per heavy atom. The molecule has 160 valence electrons. The summed E-state index contributed by atoms with van der Waals surface area (Å²) in [5.41, 5.74) is 1.72. The molecule has 0 saturated carbocycles. The molecule has 2 aromatic rings. The molecule has 2 aliphatic rings. The first-order valence-electron chi connectivity index (χ1n) is 10.2. The molecular formula is C21H27N5O4. The molecule has 0 bridgehead atoms. The Bertz CT molecular complexity index is 1000. The summed E-state index contributed by atoms with van der Waals surface area (Å²) in [7, 11) is 0. The van der Waals surface area contributed by atoms with Crippen LogP contribution in [0.5, 0.6) is 0 Å². The fourth-order valence-corrected chi connectivity index (χ4v) is 3.80. The quantitative estimate of drug-likeness (QED) is 0.784. The molecule has 0 spiro atoms. The summed E-state index contributed by atoms with van der Waals surface area (Å²) >= 11 is 0. The molecule has 3 heterocycles. The van der Waals surface area contributed by atoms with E-state index in [-0.39, 0.29) is 12.3 Å². The van der Waals surface area contributed by atoms with Crippen molar-refractivity contribution in [2.75, 3.05) is 42.5 Å². The highest BCUT2D eigenvalue weighted by molar-refractivity contribution is 6.07. The van der Waals surface area contributed by atoms with Crippen LogP contribution in [-0.2, 0) is 9.53 Å². The van der Waals surface area contributed by atoms with E-state index < -0.39 is 17.7 Å². The van der Waals surface area contributed by atoms with E-state index in [2.05, 4.69) is 15.5 Å². The van der Waals surface area contributed by atoms with Crippen LogP contribution in [0.15, 0.2) is 24.4 Å². The molecule has 1 aromatic carbocycles. The minimum absolute atomic E-state index is 0.257. The third-order valence-corrected chi connectivity index (χ3v) is 5.18. The number of ether oxygens (including phenoxy) is 1. The highest BCUT2D eigenvalue weighted by Crippen LogP contribution is 2.34. The average molecular weight is 413 g/mol. The molecule has 9 nitrogen and oxygen atoms in total. The van der Waals surface area contributed by atoms with Crippen LogP contribution >= 0.6 is 0 Å². The van der Waals surface area contributed by atoms with E-state index in [4.69, 9.17) is 4.74 Å². The predicted octanol–water partition coefficient (Wildman–Crippen LogP) is 2.28. The lowest BCUT2D eigenvalue weighted by Crippen LogP contribution is -2.49. The van der Waals surface area contributed by atoms with Crippen molar-refractivity contribution in [1.82, 2.24) is 15.2 Å². The maximum absolute atomic E-state index is 12.8. The molecule has 2 aliphatic heterocycles. The van der Waals surface area contributed by atoms with Crippen molar-refractivity contribution < 1.29 is 19.1 Å². The normalized spacial score (nSPS) is 18.0. The van der Waals surface area contributed by atoms with E-state index in [1.165, 1.54) is 4.57 Å². The standard InChI is InChI=1S/C21H27N5O4/c1-21(2,3)30-20(29)26-13-17(24-10-7-22-8-11-24)15-12-14(4-5-16(15)26)25-9-6-18(27)23-19(25)28/h4-5,12-13,22H,6-11H2,1-3H3,(H,23,27,28). The Balaban J connectivity index is 1.77. The van der Waals surface area contributed by atoms with Crippen LogP contribution in [0, 0.1) is 0 Å². The Kier molecular flexibility index (Phi) is 5.15. The van der Waals surface area contributed by atoms with Crippen LogP contribution in [0.1, 0.15) is 27.2 Å². The predicted molar refractivity (Wildman–Crippen MR) is 114 cm³/mol. The number of hydrogen-bond acceptors (Lipinski definition) is 6. The van der Waals surface area contributed by atoms with E-state index >= 15 is 0 Å². The van der Waals surface area contributed by atoms with E-state index in [1.807, 2.05) is 39.1 Å². The first-order valence-corrected chi connectivity index (χ1v) is 10.2. The van der Waals surface area contributed by atoms with Crippen molar-refractivity contribution in [2.24, 2.45) is 0 Å². The first kappa shape index (κ1) is 20.2. The van der Waals surface area contributed by atoms with Crippen molar-refractivity contribution in [3.05, 3.63) is 24.4 Å². The summed E-state index contributed by atoms with van der Waals surface area (Å²) in [5.74, 6) is -0.269. The summed E-state index contributed by atoms with van der Waals surface area (Å²) < 4.78 is 7.12. The minimum atomic E-state index is -0.610. The van der Waals surface area contributed by atoms with Crippen molar-refractivity contribution in [3.8, 4) is 0 Å². The number of carbonyl (C=O) groups excluding carboxylic acids is 3.